The first kappa shape index (κ1) is 16.5. The summed E-state index contributed by atoms with van der Waals surface area (Å²) in [5, 5.41) is 3.44. The molecule has 1 aliphatic rings. The summed E-state index contributed by atoms with van der Waals surface area (Å²) in [5.41, 5.74) is 8.29. The van der Waals surface area contributed by atoms with E-state index in [1.807, 2.05) is 24.4 Å². The van der Waals surface area contributed by atoms with Crippen LogP contribution in [0, 0.1) is 12.8 Å². The Kier molecular flexibility index (Phi) is 5.11. The van der Waals surface area contributed by atoms with Gasteiger partial charge in [-0.2, -0.15) is 0 Å². The van der Waals surface area contributed by atoms with Gasteiger partial charge in [0.15, 0.2) is 0 Å². The second-order valence-electron chi connectivity index (χ2n) is 6.55. The van der Waals surface area contributed by atoms with Gasteiger partial charge in [0, 0.05) is 31.4 Å². The first-order valence-corrected chi connectivity index (χ1v) is 8.38. The zero-order valence-corrected chi connectivity index (χ0v) is 14.0. The first-order valence-electron chi connectivity index (χ1n) is 8.38. The molecule has 0 aliphatic carbocycles. The van der Waals surface area contributed by atoms with Crippen LogP contribution in [0.15, 0.2) is 42.6 Å². The van der Waals surface area contributed by atoms with Gasteiger partial charge < -0.3 is 11.1 Å². The minimum Gasteiger partial charge on any atom is -0.370 e. The maximum absolute atomic E-state index is 11.3. The molecule has 1 amide bonds. The standard InChI is InChI=1S/C19H24N4O/c1-14-5-7-21-18(9-14)22-11-16-6-8-23(13-16)12-15-3-2-4-17(10-15)19(20)24/h2-5,7,9-10,16H,6,8,11-13H2,1H3,(H2,20,24)(H,21,22)/t16-/m1/s1. The van der Waals surface area contributed by atoms with Gasteiger partial charge in [-0.3, -0.25) is 9.69 Å². The summed E-state index contributed by atoms with van der Waals surface area (Å²) < 4.78 is 0. The number of primary amides is 1. The van der Waals surface area contributed by atoms with E-state index >= 15 is 0 Å². The van der Waals surface area contributed by atoms with E-state index in [2.05, 4.69) is 34.3 Å². The summed E-state index contributed by atoms with van der Waals surface area (Å²) in [7, 11) is 0. The molecule has 5 nitrogen and oxygen atoms in total. The van der Waals surface area contributed by atoms with Gasteiger partial charge in [-0.25, -0.2) is 4.98 Å². The van der Waals surface area contributed by atoms with Crippen molar-refractivity contribution in [1.82, 2.24) is 9.88 Å². The van der Waals surface area contributed by atoms with Crippen LogP contribution in [-0.2, 0) is 6.54 Å². The first-order chi connectivity index (χ1) is 11.6. The van der Waals surface area contributed by atoms with Crippen molar-refractivity contribution in [3.8, 4) is 0 Å². The summed E-state index contributed by atoms with van der Waals surface area (Å²) in [6.07, 6.45) is 3.01. The van der Waals surface area contributed by atoms with Crippen LogP contribution in [0.1, 0.15) is 27.9 Å². The fourth-order valence-corrected chi connectivity index (χ4v) is 3.19. The molecule has 1 fully saturated rings. The fraction of sp³-hybridized carbons (Fsp3) is 0.368. The Morgan fingerprint density at radius 1 is 1.38 bits per heavy atom. The molecule has 0 unspecified atom stereocenters. The molecule has 2 heterocycles. The summed E-state index contributed by atoms with van der Waals surface area (Å²) in [4.78, 5) is 18.1. The zero-order valence-electron chi connectivity index (χ0n) is 14.0. The summed E-state index contributed by atoms with van der Waals surface area (Å²) in [5.74, 6) is 1.19. The SMILES string of the molecule is Cc1ccnc(NC[C@H]2CCN(Cc3cccc(C(N)=O)c3)C2)c1. The van der Waals surface area contributed by atoms with E-state index in [9.17, 15) is 4.79 Å². The third kappa shape index (κ3) is 4.32. The highest BCUT2D eigenvalue weighted by atomic mass is 16.1. The Balaban J connectivity index is 1.50. The molecular weight excluding hydrogens is 300 g/mol. The molecule has 1 aromatic heterocycles. The van der Waals surface area contributed by atoms with E-state index in [1.54, 1.807) is 6.07 Å². The van der Waals surface area contributed by atoms with E-state index < -0.39 is 0 Å². The molecule has 0 saturated carbocycles. The number of hydrogen-bond acceptors (Lipinski definition) is 4. The average Bonchev–Trinajstić information content (AvgIpc) is 3.01. The molecule has 0 radical (unpaired) electrons. The van der Waals surface area contributed by atoms with Gasteiger partial charge in [0.05, 0.1) is 0 Å². The number of pyridine rings is 1. The van der Waals surface area contributed by atoms with Gasteiger partial charge in [-0.15, -0.1) is 0 Å². The molecule has 2 aromatic rings. The lowest BCUT2D eigenvalue weighted by molar-refractivity contribution is 0.1000. The Labute approximate surface area is 142 Å². The topological polar surface area (TPSA) is 71.2 Å². The molecule has 0 spiro atoms. The number of hydrogen-bond donors (Lipinski definition) is 2. The highest BCUT2D eigenvalue weighted by molar-refractivity contribution is 5.92. The minimum absolute atomic E-state index is 0.369. The number of carbonyl (C=O) groups excluding carboxylic acids is 1. The van der Waals surface area contributed by atoms with Crippen LogP contribution in [0.25, 0.3) is 0 Å². The lowest BCUT2D eigenvalue weighted by Gasteiger charge is -2.17. The largest absolute Gasteiger partial charge is 0.370 e. The average molecular weight is 324 g/mol. The van der Waals surface area contributed by atoms with Crippen molar-refractivity contribution in [3.05, 3.63) is 59.3 Å². The van der Waals surface area contributed by atoms with Gasteiger partial charge in [0.1, 0.15) is 5.82 Å². The molecule has 126 valence electrons. The third-order valence-corrected chi connectivity index (χ3v) is 4.47. The number of anilines is 1. The van der Waals surface area contributed by atoms with Crippen molar-refractivity contribution < 1.29 is 4.79 Å². The molecule has 1 atom stereocenters. The van der Waals surface area contributed by atoms with Gasteiger partial charge in [-0.05, 0) is 61.2 Å². The Hall–Kier alpha value is -2.40. The van der Waals surface area contributed by atoms with Crippen molar-refractivity contribution in [2.75, 3.05) is 25.0 Å². The van der Waals surface area contributed by atoms with Crippen LogP contribution in [0.3, 0.4) is 0 Å². The number of aryl methyl sites for hydroxylation is 1. The summed E-state index contributed by atoms with van der Waals surface area (Å²) in [6.45, 7) is 6.01. The number of likely N-dealkylation sites (tertiary alicyclic amines) is 1. The number of nitrogens with zero attached hydrogens (tertiary/aromatic N) is 2. The minimum atomic E-state index is -0.369. The van der Waals surface area contributed by atoms with Crippen LogP contribution < -0.4 is 11.1 Å². The van der Waals surface area contributed by atoms with Crippen molar-refractivity contribution >= 4 is 11.7 Å². The molecule has 24 heavy (non-hydrogen) atoms. The Bertz CT molecular complexity index is 716. The quantitative estimate of drug-likeness (QED) is 0.856. The van der Waals surface area contributed by atoms with E-state index in [0.717, 1.165) is 37.6 Å². The van der Waals surface area contributed by atoms with E-state index in [-0.39, 0.29) is 5.91 Å². The lowest BCUT2D eigenvalue weighted by Crippen LogP contribution is -2.23. The maximum Gasteiger partial charge on any atom is 0.248 e. The predicted octanol–water partition coefficient (Wildman–Crippen LogP) is 2.42. The predicted molar refractivity (Wildman–Crippen MR) is 95.8 cm³/mol. The summed E-state index contributed by atoms with van der Waals surface area (Å²) >= 11 is 0. The normalized spacial score (nSPS) is 17.8. The number of carbonyl (C=O) groups is 1. The third-order valence-electron chi connectivity index (χ3n) is 4.47. The van der Waals surface area contributed by atoms with E-state index in [1.165, 1.54) is 12.0 Å². The molecule has 3 N–H and O–H groups in total. The maximum atomic E-state index is 11.3. The van der Waals surface area contributed by atoms with Crippen molar-refractivity contribution in [3.63, 3.8) is 0 Å². The van der Waals surface area contributed by atoms with Crippen LogP contribution in [0.5, 0.6) is 0 Å². The van der Waals surface area contributed by atoms with Crippen LogP contribution >= 0.6 is 0 Å². The Morgan fingerprint density at radius 2 is 2.25 bits per heavy atom. The van der Waals surface area contributed by atoms with Crippen molar-refractivity contribution in [2.24, 2.45) is 11.7 Å². The fourth-order valence-electron chi connectivity index (χ4n) is 3.19. The van der Waals surface area contributed by atoms with Gasteiger partial charge in [-0.1, -0.05) is 12.1 Å². The van der Waals surface area contributed by atoms with Gasteiger partial charge >= 0.3 is 0 Å². The van der Waals surface area contributed by atoms with Gasteiger partial charge in [0.2, 0.25) is 5.91 Å². The number of aromatic nitrogens is 1. The molecule has 1 aliphatic heterocycles. The highest BCUT2D eigenvalue weighted by Crippen LogP contribution is 2.20. The molecule has 1 saturated heterocycles. The van der Waals surface area contributed by atoms with E-state index in [4.69, 9.17) is 5.73 Å². The van der Waals surface area contributed by atoms with Crippen LogP contribution in [-0.4, -0.2) is 35.4 Å². The van der Waals surface area contributed by atoms with Crippen LogP contribution in [0.2, 0.25) is 0 Å². The number of amides is 1. The second-order valence-corrected chi connectivity index (χ2v) is 6.55. The second kappa shape index (κ2) is 7.45. The van der Waals surface area contributed by atoms with Crippen LogP contribution in [0.4, 0.5) is 5.82 Å². The van der Waals surface area contributed by atoms with Gasteiger partial charge in [0.25, 0.3) is 0 Å². The smallest absolute Gasteiger partial charge is 0.248 e. The molecule has 3 rings (SSSR count). The number of benzene rings is 1. The number of rotatable bonds is 6. The Morgan fingerprint density at radius 3 is 3.04 bits per heavy atom. The lowest BCUT2D eigenvalue weighted by atomic mass is 10.1. The summed E-state index contributed by atoms with van der Waals surface area (Å²) in [6, 6.07) is 11.7. The molecule has 0 bridgehead atoms. The molecular formula is C19H24N4O. The molecule has 5 heteroatoms. The zero-order chi connectivity index (χ0) is 16.9. The van der Waals surface area contributed by atoms with Crippen molar-refractivity contribution in [2.45, 2.75) is 19.9 Å². The number of nitrogens with one attached hydrogen (secondary N) is 1. The van der Waals surface area contributed by atoms with E-state index in [0.29, 0.717) is 11.5 Å². The highest BCUT2D eigenvalue weighted by Gasteiger charge is 2.22. The number of nitrogens with two attached hydrogens (primary N) is 1. The van der Waals surface area contributed by atoms with Crippen molar-refractivity contribution in [1.29, 1.82) is 0 Å². The monoisotopic (exact) mass is 324 g/mol. The molecule has 1 aromatic carbocycles.